The highest BCUT2D eigenvalue weighted by atomic mass is 16.5. The highest BCUT2D eigenvalue weighted by molar-refractivity contribution is 5.87. The predicted octanol–water partition coefficient (Wildman–Crippen LogP) is 1.25. The Kier molecular flexibility index (Phi) is 5.43. The number of urea groups is 1. The number of aryl methyl sites for hydroxylation is 1. The number of carbonyl (C=O) groups is 2. The molecule has 1 fully saturated rings. The van der Waals surface area contributed by atoms with Crippen molar-refractivity contribution < 1.29 is 18.7 Å². The number of nitrogens with zero attached hydrogens (tertiary/aromatic N) is 1. The molecular weight excluding hydrogens is 286 g/mol. The summed E-state index contributed by atoms with van der Waals surface area (Å²) < 4.78 is 10.3. The number of esters is 1. The normalized spacial score (nSPS) is 18.9. The maximum absolute atomic E-state index is 11.6. The van der Waals surface area contributed by atoms with E-state index in [2.05, 4.69) is 10.2 Å². The molecule has 3 N–H and O–H groups in total. The molecule has 1 aliphatic heterocycles. The molecule has 1 aromatic rings. The van der Waals surface area contributed by atoms with Crippen LogP contribution >= 0.6 is 0 Å². The molecule has 0 radical (unpaired) electrons. The zero-order valence-corrected chi connectivity index (χ0v) is 13.1. The fourth-order valence-corrected chi connectivity index (χ4v) is 2.85. The zero-order valence-electron chi connectivity index (χ0n) is 13.1. The Hall–Kier alpha value is -2.02. The molecule has 1 saturated heterocycles. The van der Waals surface area contributed by atoms with Crippen molar-refractivity contribution in [3.63, 3.8) is 0 Å². The highest BCUT2D eigenvalue weighted by Crippen LogP contribution is 2.21. The van der Waals surface area contributed by atoms with Crippen LogP contribution < -0.4 is 11.1 Å². The number of primary amides is 1. The number of hydrogen-bond donors (Lipinski definition) is 2. The summed E-state index contributed by atoms with van der Waals surface area (Å²) in [6.45, 7) is 4.91. The molecule has 0 aromatic carbocycles. The van der Waals surface area contributed by atoms with Crippen LogP contribution in [0, 0.1) is 12.8 Å². The van der Waals surface area contributed by atoms with Gasteiger partial charge in [0.05, 0.1) is 13.7 Å². The average molecular weight is 309 g/mol. The van der Waals surface area contributed by atoms with Crippen molar-refractivity contribution in [2.75, 3.05) is 26.7 Å². The lowest BCUT2D eigenvalue weighted by Gasteiger charge is -2.32. The van der Waals surface area contributed by atoms with Crippen molar-refractivity contribution in [2.24, 2.45) is 11.7 Å². The van der Waals surface area contributed by atoms with Gasteiger partial charge in [-0.05, 0) is 38.3 Å². The third-order valence-corrected chi connectivity index (χ3v) is 3.89. The Balaban J connectivity index is 1.92. The molecule has 7 nitrogen and oxygen atoms in total. The van der Waals surface area contributed by atoms with Gasteiger partial charge in [0.15, 0.2) is 0 Å². The quantitative estimate of drug-likeness (QED) is 0.798. The van der Waals surface area contributed by atoms with E-state index in [1.807, 2.05) is 13.0 Å². The predicted molar refractivity (Wildman–Crippen MR) is 80.4 cm³/mol. The minimum Gasteiger partial charge on any atom is -0.463 e. The second kappa shape index (κ2) is 7.31. The molecule has 0 saturated carbocycles. The number of rotatable bonds is 5. The molecule has 0 spiro atoms. The third-order valence-electron chi connectivity index (χ3n) is 3.89. The number of carbonyl (C=O) groups excluding carboxylic acids is 2. The van der Waals surface area contributed by atoms with Crippen molar-refractivity contribution in [2.45, 2.75) is 26.3 Å². The Bertz CT molecular complexity index is 541. The lowest BCUT2D eigenvalue weighted by atomic mass is 9.98. The summed E-state index contributed by atoms with van der Waals surface area (Å²) in [5.74, 6) is 0.950. The standard InChI is InChI=1S/C15H23N3O4/c1-10-6-12(22-13(10)14(19)21-2)9-18-5-3-4-11(8-18)7-17-15(16)20/h6,11H,3-5,7-9H2,1-2H3,(H3,16,17,20)/t11-/m0/s1. The Labute approximate surface area is 129 Å². The van der Waals surface area contributed by atoms with Crippen molar-refractivity contribution in [1.82, 2.24) is 10.2 Å². The number of nitrogens with one attached hydrogen (secondary N) is 1. The number of methoxy groups -OCH3 is 1. The van der Waals surface area contributed by atoms with Gasteiger partial charge in [-0.3, -0.25) is 4.90 Å². The van der Waals surface area contributed by atoms with Crippen LogP contribution in [0.1, 0.15) is 34.7 Å². The SMILES string of the molecule is COC(=O)c1oc(CN2CCC[C@@H](CNC(N)=O)C2)cc1C. The fraction of sp³-hybridized carbons (Fsp3) is 0.600. The lowest BCUT2D eigenvalue weighted by Crippen LogP contribution is -2.41. The van der Waals surface area contributed by atoms with Gasteiger partial charge in [-0.25, -0.2) is 9.59 Å². The van der Waals surface area contributed by atoms with Crippen molar-refractivity contribution >= 4 is 12.0 Å². The average Bonchev–Trinajstić information content (AvgIpc) is 2.85. The summed E-state index contributed by atoms with van der Waals surface area (Å²) >= 11 is 0. The molecule has 1 aliphatic rings. The van der Waals surface area contributed by atoms with Crippen LogP contribution in [-0.4, -0.2) is 43.6 Å². The molecule has 0 bridgehead atoms. The van der Waals surface area contributed by atoms with E-state index in [0.717, 1.165) is 37.3 Å². The summed E-state index contributed by atoms with van der Waals surface area (Å²) in [7, 11) is 1.34. The molecule has 1 atom stereocenters. The number of hydrogen-bond acceptors (Lipinski definition) is 5. The minimum absolute atomic E-state index is 0.265. The van der Waals surface area contributed by atoms with E-state index in [1.165, 1.54) is 7.11 Å². The first kappa shape index (κ1) is 16.4. The largest absolute Gasteiger partial charge is 0.463 e. The van der Waals surface area contributed by atoms with Crippen LogP contribution in [0.15, 0.2) is 10.5 Å². The Morgan fingerprint density at radius 2 is 2.32 bits per heavy atom. The van der Waals surface area contributed by atoms with Gasteiger partial charge in [-0.1, -0.05) is 0 Å². The monoisotopic (exact) mass is 309 g/mol. The molecule has 2 rings (SSSR count). The van der Waals surface area contributed by atoms with E-state index in [4.69, 9.17) is 14.9 Å². The molecule has 122 valence electrons. The summed E-state index contributed by atoms with van der Waals surface area (Å²) in [5.41, 5.74) is 5.89. The smallest absolute Gasteiger partial charge is 0.374 e. The Morgan fingerprint density at radius 3 is 3.00 bits per heavy atom. The fourth-order valence-electron chi connectivity index (χ4n) is 2.85. The molecule has 2 amide bonds. The summed E-state index contributed by atoms with van der Waals surface area (Å²) in [5, 5.41) is 2.66. The van der Waals surface area contributed by atoms with Crippen LogP contribution in [0.4, 0.5) is 4.79 Å². The van der Waals surface area contributed by atoms with E-state index in [9.17, 15) is 9.59 Å². The molecule has 7 heteroatoms. The first-order valence-corrected chi connectivity index (χ1v) is 7.43. The van der Waals surface area contributed by atoms with Crippen LogP contribution in [-0.2, 0) is 11.3 Å². The zero-order chi connectivity index (χ0) is 16.1. The van der Waals surface area contributed by atoms with Gasteiger partial charge in [-0.2, -0.15) is 0 Å². The topological polar surface area (TPSA) is 97.8 Å². The van der Waals surface area contributed by atoms with Crippen LogP contribution in [0.3, 0.4) is 0 Å². The van der Waals surface area contributed by atoms with Gasteiger partial charge < -0.3 is 20.2 Å². The first-order chi connectivity index (χ1) is 10.5. The molecule has 22 heavy (non-hydrogen) atoms. The van der Waals surface area contributed by atoms with Crippen molar-refractivity contribution in [3.05, 3.63) is 23.2 Å². The summed E-state index contributed by atoms with van der Waals surface area (Å²) in [6, 6.07) is 1.39. The number of likely N-dealkylation sites (tertiary alicyclic amines) is 1. The first-order valence-electron chi connectivity index (χ1n) is 7.43. The Morgan fingerprint density at radius 1 is 1.55 bits per heavy atom. The highest BCUT2D eigenvalue weighted by Gasteiger charge is 2.22. The van der Waals surface area contributed by atoms with E-state index in [1.54, 1.807) is 0 Å². The van der Waals surface area contributed by atoms with Gasteiger partial charge in [0.2, 0.25) is 5.76 Å². The van der Waals surface area contributed by atoms with Gasteiger partial charge in [0.25, 0.3) is 0 Å². The summed E-state index contributed by atoms with van der Waals surface area (Å²) in [6.07, 6.45) is 2.13. The number of piperidine rings is 1. The van der Waals surface area contributed by atoms with Crippen LogP contribution in [0.25, 0.3) is 0 Å². The lowest BCUT2D eigenvalue weighted by molar-refractivity contribution is 0.0558. The molecule has 0 aliphatic carbocycles. The maximum atomic E-state index is 11.6. The van der Waals surface area contributed by atoms with E-state index >= 15 is 0 Å². The number of ether oxygens (including phenoxy) is 1. The minimum atomic E-state index is -0.485. The number of amides is 2. The van der Waals surface area contributed by atoms with E-state index in [0.29, 0.717) is 19.0 Å². The second-order valence-corrected chi connectivity index (χ2v) is 5.70. The van der Waals surface area contributed by atoms with Crippen LogP contribution in [0.5, 0.6) is 0 Å². The second-order valence-electron chi connectivity index (χ2n) is 5.70. The van der Waals surface area contributed by atoms with Gasteiger partial charge in [0, 0.05) is 18.7 Å². The van der Waals surface area contributed by atoms with Crippen molar-refractivity contribution in [1.29, 1.82) is 0 Å². The third kappa shape index (κ3) is 4.24. The molecule has 0 unspecified atom stereocenters. The molecule has 1 aromatic heterocycles. The maximum Gasteiger partial charge on any atom is 0.374 e. The van der Waals surface area contributed by atoms with Gasteiger partial charge >= 0.3 is 12.0 Å². The van der Waals surface area contributed by atoms with Gasteiger partial charge in [0.1, 0.15) is 5.76 Å². The van der Waals surface area contributed by atoms with E-state index in [-0.39, 0.29) is 5.76 Å². The number of furan rings is 1. The molecular formula is C15H23N3O4. The van der Waals surface area contributed by atoms with E-state index < -0.39 is 12.0 Å². The van der Waals surface area contributed by atoms with Crippen molar-refractivity contribution in [3.8, 4) is 0 Å². The number of nitrogens with two attached hydrogens (primary N) is 1. The van der Waals surface area contributed by atoms with Gasteiger partial charge in [-0.15, -0.1) is 0 Å². The summed E-state index contributed by atoms with van der Waals surface area (Å²) in [4.78, 5) is 24.6. The molecule has 2 heterocycles. The van der Waals surface area contributed by atoms with Crippen LogP contribution in [0.2, 0.25) is 0 Å².